The fourth-order valence-corrected chi connectivity index (χ4v) is 4.63. The molecule has 38 heavy (non-hydrogen) atoms. The number of aliphatic hydroxyl groups is 1. The van der Waals surface area contributed by atoms with Gasteiger partial charge in [-0.25, -0.2) is 0 Å². The predicted molar refractivity (Wildman–Crippen MR) is 157 cm³/mol. The third-order valence-corrected chi connectivity index (χ3v) is 6.90. The molecule has 0 bridgehead atoms. The van der Waals surface area contributed by atoms with Gasteiger partial charge in [-0.2, -0.15) is 0 Å². The summed E-state index contributed by atoms with van der Waals surface area (Å²) in [6.07, 6.45) is 7.92. The summed E-state index contributed by atoms with van der Waals surface area (Å²) < 4.78 is 0. The minimum absolute atomic E-state index is 0.220. The summed E-state index contributed by atoms with van der Waals surface area (Å²) in [5.74, 6) is -0.220. The lowest BCUT2D eigenvalue weighted by Crippen LogP contribution is -2.32. The number of nitrogens with one attached hydrogen (secondary N) is 1. The van der Waals surface area contributed by atoms with Crippen molar-refractivity contribution in [3.63, 3.8) is 0 Å². The predicted octanol–water partition coefficient (Wildman–Crippen LogP) is 6.01. The molecule has 0 fully saturated rings. The van der Waals surface area contributed by atoms with E-state index in [2.05, 4.69) is 18.5 Å². The maximum Gasteiger partial charge on any atom is 0.256 e. The van der Waals surface area contributed by atoms with Gasteiger partial charge in [-0.15, -0.1) is 0 Å². The van der Waals surface area contributed by atoms with Gasteiger partial charge >= 0.3 is 0 Å². The number of amides is 1. The summed E-state index contributed by atoms with van der Waals surface area (Å²) in [6, 6.07) is 19.2. The van der Waals surface area contributed by atoms with E-state index in [-0.39, 0.29) is 5.91 Å². The SMILES string of the molecule is C=C/C(=C\N(C)CC)NC(=O)C1=C/C(=C(\CC)C(=C)C(O)(c2ccccc2)c2ccccc2)N(C)C=C1C. The average molecular weight is 510 g/mol. The second-order valence-electron chi connectivity index (χ2n) is 9.44. The van der Waals surface area contributed by atoms with Gasteiger partial charge in [0.1, 0.15) is 5.60 Å². The number of carbonyl (C=O) groups is 1. The van der Waals surface area contributed by atoms with E-state index < -0.39 is 5.60 Å². The number of allylic oxidation sites excluding steroid dienone is 2. The molecule has 5 heteroatoms. The maximum atomic E-state index is 13.4. The molecule has 1 amide bonds. The van der Waals surface area contributed by atoms with E-state index in [0.717, 1.165) is 34.5 Å². The first-order valence-electron chi connectivity index (χ1n) is 12.9. The van der Waals surface area contributed by atoms with Crippen LogP contribution in [0.5, 0.6) is 0 Å². The van der Waals surface area contributed by atoms with Crippen molar-refractivity contribution >= 4 is 5.91 Å². The zero-order valence-corrected chi connectivity index (χ0v) is 23.2. The second kappa shape index (κ2) is 12.4. The summed E-state index contributed by atoms with van der Waals surface area (Å²) in [4.78, 5) is 17.3. The Bertz CT molecular complexity index is 1260. The van der Waals surface area contributed by atoms with E-state index in [1.807, 2.05) is 124 Å². The van der Waals surface area contributed by atoms with Crippen molar-refractivity contribution in [1.29, 1.82) is 0 Å². The molecule has 1 aliphatic heterocycles. The summed E-state index contributed by atoms with van der Waals surface area (Å²) >= 11 is 0. The zero-order valence-electron chi connectivity index (χ0n) is 23.2. The number of hydrogen-bond donors (Lipinski definition) is 2. The van der Waals surface area contributed by atoms with E-state index in [0.29, 0.717) is 23.3 Å². The van der Waals surface area contributed by atoms with Gasteiger partial charge < -0.3 is 20.2 Å². The van der Waals surface area contributed by atoms with Crippen molar-refractivity contribution in [3.8, 4) is 0 Å². The highest BCUT2D eigenvalue weighted by Gasteiger charge is 2.37. The highest BCUT2D eigenvalue weighted by molar-refractivity contribution is 5.99. The molecule has 0 saturated heterocycles. The third-order valence-electron chi connectivity index (χ3n) is 6.90. The quantitative estimate of drug-likeness (QED) is 0.385. The van der Waals surface area contributed by atoms with E-state index in [1.165, 1.54) is 0 Å². The molecule has 2 aromatic carbocycles. The summed E-state index contributed by atoms with van der Waals surface area (Å²) in [7, 11) is 3.89. The van der Waals surface area contributed by atoms with Crippen molar-refractivity contribution in [2.24, 2.45) is 0 Å². The van der Waals surface area contributed by atoms with Crippen molar-refractivity contribution in [3.05, 3.63) is 143 Å². The van der Waals surface area contributed by atoms with Crippen molar-refractivity contribution in [2.75, 3.05) is 20.6 Å². The van der Waals surface area contributed by atoms with Gasteiger partial charge in [0.05, 0.1) is 5.70 Å². The lowest BCUT2D eigenvalue weighted by atomic mass is 9.76. The average Bonchev–Trinajstić information content (AvgIpc) is 2.94. The highest BCUT2D eigenvalue weighted by Crippen LogP contribution is 2.42. The summed E-state index contributed by atoms with van der Waals surface area (Å²) in [6.45, 7) is 15.1. The number of hydrogen-bond acceptors (Lipinski definition) is 4. The van der Waals surface area contributed by atoms with Crippen LogP contribution in [-0.4, -0.2) is 41.5 Å². The Labute approximate surface area is 227 Å². The van der Waals surface area contributed by atoms with Gasteiger partial charge in [0.2, 0.25) is 0 Å². The lowest BCUT2D eigenvalue weighted by Gasteiger charge is -2.35. The highest BCUT2D eigenvalue weighted by atomic mass is 16.3. The van der Waals surface area contributed by atoms with Crippen LogP contribution in [0.15, 0.2) is 132 Å². The van der Waals surface area contributed by atoms with E-state index >= 15 is 0 Å². The number of rotatable bonds is 10. The first kappa shape index (κ1) is 28.5. The van der Waals surface area contributed by atoms with Crippen LogP contribution in [-0.2, 0) is 10.4 Å². The van der Waals surface area contributed by atoms with Crippen LogP contribution >= 0.6 is 0 Å². The molecular weight excluding hydrogens is 470 g/mol. The molecule has 2 N–H and O–H groups in total. The number of benzene rings is 2. The first-order chi connectivity index (χ1) is 18.2. The number of nitrogens with zero attached hydrogens (tertiary/aromatic N) is 2. The van der Waals surface area contributed by atoms with Crippen LogP contribution < -0.4 is 5.32 Å². The molecule has 3 rings (SSSR count). The van der Waals surface area contributed by atoms with Gasteiger partial charge in [0.15, 0.2) is 0 Å². The molecule has 0 saturated carbocycles. The minimum atomic E-state index is -1.45. The third kappa shape index (κ3) is 5.90. The second-order valence-corrected chi connectivity index (χ2v) is 9.44. The monoisotopic (exact) mass is 509 g/mol. The van der Waals surface area contributed by atoms with Gasteiger partial charge in [-0.05, 0) is 60.3 Å². The molecule has 0 unspecified atom stereocenters. The number of likely N-dealkylation sites (N-methyl/N-ethyl adjacent to an activating group) is 1. The van der Waals surface area contributed by atoms with Crippen molar-refractivity contribution in [2.45, 2.75) is 32.8 Å². The molecule has 0 aromatic heterocycles. The molecule has 1 aliphatic rings. The molecule has 0 aliphatic carbocycles. The molecular formula is C33H39N3O2. The normalized spacial score (nSPS) is 15.3. The molecule has 1 heterocycles. The Kier molecular flexibility index (Phi) is 9.32. The molecule has 0 spiro atoms. The summed E-state index contributed by atoms with van der Waals surface area (Å²) in [5, 5.41) is 15.3. The number of carbonyl (C=O) groups excluding carboxylic acids is 1. The zero-order chi connectivity index (χ0) is 27.9. The molecule has 198 valence electrons. The van der Waals surface area contributed by atoms with Crippen molar-refractivity contribution < 1.29 is 9.90 Å². The van der Waals surface area contributed by atoms with E-state index in [9.17, 15) is 9.90 Å². The minimum Gasteiger partial charge on any atom is -0.379 e. The lowest BCUT2D eigenvalue weighted by molar-refractivity contribution is -0.116. The van der Waals surface area contributed by atoms with E-state index in [4.69, 9.17) is 0 Å². The largest absolute Gasteiger partial charge is 0.379 e. The molecule has 5 nitrogen and oxygen atoms in total. The Balaban J connectivity index is 2.13. The molecule has 2 aromatic rings. The summed E-state index contributed by atoms with van der Waals surface area (Å²) in [5.41, 5.74) is 4.27. The van der Waals surface area contributed by atoms with Crippen LogP contribution in [0.25, 0.3) is 0 Å². The van der Waals surface area contributed by atoms with E-state index in [1.54, 1.807) is 6.08 Å². The Morgan fingerprint density at radius 1 is 1.08 bits per heavy atom. The molecule has 0 radical (unpaired) electrons. The van der Waals surface area contributed by atoms with Crippen LogP contribution in [0.1, 0.15) is 38.3 Å². The Morgan fingerprint density at radius 3 is 2.11 bits per heavy atom. The topological polar surface area (TPSA) is 55.8 Å². The van der Waals surface area contributed by atoms with Crippen LogP contribution in [0.3, 0.4) is 0 Å². The van der Waals surface area contributed by atoms with Crippen LogP contribution in [0, 0.1) is 0 Å². The Hall–Kier alpha value is -4.09. The standard InChI is InChI=1S/C33H39N3O2/c1-8-28(23-35(6)10-3)34-32(37)30-21-31(36(7)22-24(30)4)29(9-2)25(5)33(38,26-17-13-11-14-18-26)27-19-15-12-16-20-27/h8,11-23,38H,1,5,9-10H2,2-4,6-7H3,(H,34,37)/b28-23+,31-29-. The van der Waals surface area contributed by atoms with Crippen LogP contribution in [0.4, 0.5) is 0 Å². The fourth-order valence-electron chi connectivity index (χ4n) is 4.63. The maximum absolute atomic E-state index is 13.4. The van der Waals surface area contributed by atoms with Crippen LogP contribution in [0.2, 0.25) is 0 Å². The van der Waals surface area contributed by atoms with Gasteiger partial charge in [-0.3, -0.25) is 4.79 Å². The smallest absolute Gasteiger partial charge is 0.256 e. The molecule has 0 atom stereocenters. The van der Waals surface area contributed by atoms with Gasteiger partial charge in [0.25, 0.3) is 5.91 Å². The Morgan fingerprint density at radius 2 is 1.63 bits per heavy atom. The van der Waals surface area contributed by atoms with Crippen molar-refractivity contribution in [1.82, 2.24) is 15.1 Å². The van der Waals surface area contributed by atoms with Gasteiger partial charge in [0, 0.05) is 44.3 Å². The van der Waals surface area contributed by atoms with Gasteiger partial charge in [-0.1, -0.05) is 80.7 Å². The fraction of sp³-hybridized carbons (Fsp3) is 0.242. The first-order valence-corrected chi connectivity index (χ1v) is 12.9.